The number of methoxy groups -OCH3 is 1. The maximum atomic E-state index is 13.4. The molecule has 0 spiro atoms. The Bertz CT molecular complexity index is 1220. The lowest BCUT2D eigenvalue weighted by Crippen LogP contribution is -2.13. The maximum absolute atomic E-state index is 13.4. The fourth-order valence-electron chi connectivity index (χ4n) is 2.92. The van der Waals surface area contributed by atoms with E-state index in [2.05, 4.69) is 4.99 Å². The van der Waals surface area contributed by atoms with Gasteiger partial charge in [0.1, 0.15) is 11.6 Å². The van der Waals surface area contributed by atoms with Crippen LogP contribution in [0, 0.1) is 5.82 Å². The fourth-order valence-corrected chi connectivity index (χ4v) is 3.96. The number of fused-ring (bicyclic) bond motifs is 2. The number of hydrogen-bond donors (Lipinski definition) is 0. The van der Waals surface area contributed by atoms with Gasteiger partial charge in [0.15, 0.2) is 4.80 Å². The van der Waals surface area contributed by atoms with Gasteiger partial charge in [0.2, 0.25) is 0 Å². The molecule has 130 valence electrons. The minimum Gasteiger partial charge on any atom is -0.496 e. The van der Waals surface area contributed by atoms with Gasteiger partial charge in [0, 0.05) is 7.05 Å². The van der Waals surface area contributed by atoms with Crippen molar-refractivity contribution in [2.75, 3.05) is 7.11 Å². The summed E-state index contributed by atoms with van der Waals surface area (Å²) in [5.74, 6) is -0.226. The molecule has 0 aliphatic carbocycles. The number of rotatable bonds is 2. The molecular formula is C20H15FN2O2S. The van der Waals surface area contributed by atoms with Crippen molar-refractivity contribution in [2.24, 2.45) is 12.0 Å². The van der Waals surface area contributed by atoms with Gasteiger partial charge in [-0.1, -0.05) is 35.6 Å². The summed E-state index contributed by atoms with van der Waals surface area (Å²) >= 11 is 1.27. The number of thiazole rings is 1. The molecule has 4 aromatic rings. The molecule has 0 saturated carbocycles. The van der Waals surface area contributed by atoms with Crippen LogP contribution in [0.25, 0.3) is 21.0 Å². The van der Waals surface area contributed by atoms with E-state index in [1.807, 2.05) is 30.3 Å². The van der Waals surface area contributed by atoms with Crippen LogP contribution in [0.2, 0.25) is 0 Å². The highest BCUT2D eigenvalue weighted by molar-refractivity contribution is 7.16. The Labute approximate surface area is 152 Å². The summed E-state index contributed by atoms with van der Waals surface area (Å²) in [6.07, 6.45) is 0. The van der Waals surface area contributed by atoms with Gasteiger partial charge in [-0.25, -0.2) is 4.39 Å². The van der Waals surface area contributed by atoms with E-state index in [1.165, 1.54) is 30.6 Å². The molecule has 0 atom stereocenters. The molecule has 0 N–H and O–H groups in total. The van der Waals surface area contributed by atoms with Gasteiger partial charge in [-0.05, 0) is 41.1 Å². The molecule has 0 radical (unpaired) electrons. The first-order valence-electron chi connectivity index (χ1n) is 7.98. The highest BCUT2D eigenvalue weighted by Gasteiger charge is 2.14. The molecule has 6 heteroatoms. The summed E-state index contributed by atoms with van der Waals surface area (Å²) in [6.45, 7) is 0. The number of carbonyl (C=O) groups is 1. The van der Waals surface area contributed by atoms with E-state index in [4.69, 9.17) is 4.74 Å². The van der Waals surface area contributed by atoms with E-state index in [0.29, 0.717) is 16.1 Å². The van der Waals surface area contributed by atoms with Gasteiger partial charge >= 0.3 is 0 Å². The first-order chi connectivity index (χ1) is 12.6. The molecule has 4 nitrogen and oxygen atoms in total. The average molecular weight is 366 g/mol. The van der Waals surface area contributed by atoms with Crippen LogP contribution in [0.3, 0.4) is 0 Å². The van der Waals surface area contributed by atoms with Crippen LogP contribution >= 0.6 is 11.3 Å². The molecule has 1 aromatic heterocycles. The SMILES string of the molecule is COc1cc2ccccc2cc1C(=O)N=c1sc2cc(F)ccc2n1C. The molecule has 3 aromatic carbocycles. The van der Waals surface area contributed by atoms with E-state index in [0.717, 1.165) is 21.0 Å². The number of ether oxygens (including phenoxy) is 1. The van der Waals surface area contributed by atoms with Crippen LogP contribution in [-0.4, -0.2) is 17.6 Å². The smallest absolute Gasteiger partial charge is 0.283 e. The monoisotopic (exact) mass is 366 g/mol. The summed E-state index contributed by atoms with van der Waals surface area (Å²) in [6, 6.07) is 15.9. The average Bonchev–Trinajstić information content (AvgIpc) is 2.95. The highest BCUT2D eigenvalue weighted by Crippen LogP contribution is 2.26. The quantitative estimate of drug-likeness (QED) is 0.531. The van der Waals surface area contributed by atoms with Crippen molar-refractivity contribution in [3.05, 3.63) is 70.8 Å². The lowest BCUT2D eigenvalue weighted by Gasteiger charge is -2.07. The summed E-state index contributed by atoms with van der Waals surface area (Å²) < 4.78 is 21.3. The van der Waals surface area contributed by atoms with Gasteiger partial charge < -0.3 is 9.30 Å². The van der Waals surface area contributed by atoms with E-state index < -0.39 is 5.91 Å². The Balaban J connectivity index is 1.87. The second kappa shape index (κ2) is 6.38. The van der Waals surface area contributed by atoms with Crippen LogP contribution in [0.4, 0.5) is 4.39 Å². The van der Waals surface area contributed by atoms with Crippen molar-refractivity contribution in [2.45, 2.75) is 0 Å². The second-order valence-electron chi connectivity index (χ2n) is 5.87. The van der Waals surface area contributed by atoms with Crippen molar-refractivity contribution < 1.29 is 13.9 Å². The molecule has 0 saturated heterocycles. The molecule has 0 aliphatic rings. The van der Waals surface area contributed by atoms with Crippen molar-refractivity contribution >= 4 is 38.2 Å². The number of halogens is 1. The van der Waals surface area contributed by atoms with Gasteiger partial charge in [-0.15, -0.1) is 0 Å². The lowest BCUT2D eigenvalue weighted by atomic mass is 10.1. The Morgan fingerprint density at radius 2 is 1.85 bits per heavy atom. The minimum absolute atomic E-state index is 0.312. The molecule has 26 heavy (non-hydrogen) atoms. The molecular weight excluding hydrogens is 351 g/mol. The number of aryl methyl sites for hydroxylation is 1. The number of nitrogens with zero attached hydrogens (tertiary/aromatic N) is 2. The molecule has 4 rings (SSSR count). The predicted molar refractivity (Wildman–Crippen MR) is 101 cm³/mol. The van der Waals surface area contributed by atoms with Gasteiger partial charge in [0.05, 0.1) is 22.9 Å². The van der Waals surface area contributed by atoms with Crippen molar-refractivity contribution in [1.29, 1.82) is 0 Å². The minimum atomic E-state index is -0.393. The molecule has 0 fully saturated rings. The van der Waals surface area contributed by atoms with E-state index >= 15 is 0 Å². The number of amides is 1. The Kier molecular flexibility index (Phi) is 4.05. The van der Waals surface area contributed by atoms with Gasteiger partial charge in [-0.3, -0.25) is 4.79 Å². The zero-order valence-corrected chi connectivity index (χ0v) is 15.0. The third-order valence-corrected chi connectivity index (χ3v) is 5.36. The van der Waals surface area contributed by atoms with E-state index in [9.17, 15) is 9.18 Å². The number of benzene rings is 3. The maximum Gasteiger partial charge on any atom is 0.283 e. The van der Waals surface area contributed by atoms with Crippen molar-refractivity contribution in [1.82, 2.24) is 4.57 Å². The molecule has 0 aliphatic heterocycles. The third kappa shape index (κ3) is 2.78. The fraction of sp³-hybridized carbons (Fsp3) is 0.100. The van der Waals surface area contributed by atoms with Crippen LogP contribution in [0.1, 0.15) is 10.4 Å². The summed E-state index contributed by atoms with van der Waals surface area (Å²) in [4.78, 5) is 17.6. The van der Waals surface area contributed by atoms with Crippen molar-refractivity contribution in [3.8, 4) is 5.75 Å². The van der Waals surface area contributed by atoms with Gasteiger partial charge in [-0.2, -0.15) is 4.99 Å². The Hall–Kier alpha value is -2.99. The number of carbonyl (C=O) groups excluding carboxylic acids is 1. The van der Waals surface area contributed by atoms with Crippen LogP contribution < -0.4 is 9.54 Å². The predicted octanol–water partition coefficient (Wildman–Crippen LogP) is 4.28. The number of aromatic nitrogens is 1. The topological polar surface area (TPSA) is 43.6 Å². The summed E-state index contributed by atoms with van der Waals surface area (Å²) in [5, 5.41) is 1.93. The second-order valence-corrected chi connectivity index (χ2v) is 6.88. The summed E-state index contributed by atoms with van der Waals surface area (Å²) in [5.41, 5.74) is 1.23. The largest absolute Gasteiger partial charge is 0.496 e. The Morgan fingerprint density at radius 1 is 1.12 bits per heavy atom. The standard InChI is InChI=1S/C20H15FN2O2S/c1-23-16-8-7-14(21)11-18(16)26-20(23)22-19(24)15-9-12-5-3-4-6-13(12)10-17(15)25-2/h3-11H,1-2H3. The molecule has 0 bridgehead atoms. The highest BCUT2D eigenvalue weighted by atomic mass is 32.1. The zero-order chi connectivity index (χ0) is 18.3. The van der Waals surface area contributed by atoms with Crippen LogP contribution in [-0.2, 0) is 7.05 Å². The van der Waals surface area contributed by atoms with E-state index in [-0.39, 0.29) is 5.82 Å². The lowest BCUT2D eigenvalue weighted by molar-refractivity contribution is 0.0995. The summed E-state index contributed by atoms with van der Waals surface area (Å²) in [7, 11) is 3.34. The normalized spacial score (nSPS) is 12.0. The zero-order valence-electron chi connectivity index (χ0n) is 14.2. The molecule has 1 heterocycles. The van der Waals surface area contributed by atoms with Crippen LogP contribution in [0.5, 0.6) is 5.75 Å². The van der Waals surface area contributed by atoms with Crippen LogP contribution in [0.15, 0.2) is 59.6 Å². The van der Waals surface area contributed by atoms with Gasteiger partial charge in [0.25, 0.3) is 5.91 Å². The molecule has 0 unspecified atom stereocenters. The molecule has 1 amide bonds. The van der Waals surface area contributed by atoms with E-state index in [1.54, 1.807) is 23.7 Å². The Morgan fingerprint density at radius 3 is 2.58 bits per heavy atom. The third-order valence-electron chi connectivity index (χ3n) is 4.27. The number of hydrogen-bond acceptors (Lipinski definition) is 3. The van der Waals surface area contributed by atoms with Crippen molar-refractivity contribution in [3.63, 3.8) is 0 Å². The first kappa shape index (κ1) is 16.5. The first-order valence-corrected chi connectivity index (χ1v) is 8.79.